The van der Waals surface area contributed by atoms with Crippen LogP contribution in [0.3, 0.4) is 0 Å². The Hall–Kier alpha value is -10.4. The lowest BCUT2D eigenvalue weighted by molar-refractivity contribution is -0.297. The van der Waals surface area contributed by atoms with Gasteiger partial charge in [-0.3, -0.25) is 19.2 Å². The molecule has 6 aromatic rings. The molecule has 28 nitrogen and oxygen atoms in total. The number of aromatic nitrogens is 10. The number of benzene rings is 2. The van der Waals surface area contributed by atoms with Crippen LogP contribution < -0.4 is 5.11 Å². The molecule has 0 radical (unpaired) electrons. The van der Waals surface area contributed by atoms with E-state index in [0.717, 1.165) is 132 Å². The predicted octanol–water partition coefficient (Wildman–Crippen LogP) is 19.2. The van der Waals surface area contributed by atoms with Gasteiger partial charge in [0, 0.05) is 79.0 Å². The van der Waals surface area contributed by atoms with Gasteiger partial charge in [0.05, 0.1) is 42.8 Å². The molecule has 0 saturated carbocycles. The van der Waals surface area contributed by atoms with Gasteiger partial charge >= 0.3 is 41.8 Å². The summed E-state index contributed by atoms with van der Waals surface area (Å²) in [5.41, 5.74) is -4.51. The fourth-order valence-corrected chi connectivity index (χ4v) is 13.7. The Morgan fingerprint density at radius 3 is 0.915 bits per heavy atom. The molecule has 130 heavy (non-hydrogen) atoms. The Bertz CT molecular complexity index is 3820. The number of ether oxygens (including phenoxy) is 6. The van der Waals surface area contributed by atoms with Crippen molar-refractivity contribution in [2.24, 2.45) is 0 Å². The molecule has 0 saturated heterocycles. The zero-order valence-electron chi connectivity index (χ0n) is 75.4. The smallest absolute Gasteiger partial charge is 0.331 e. The van der Waals surface area contributed by atoms with Crippen LogP contribution in [0.2, 0.25) is 0 Å². The number of hydrogen-bond acceptors (Lipinski definition) is 25. The van der Waals surface area contributed by atoms with Crippen LogP contribution >= 0.6 is 0 Å². The minimum atomic E-state index is -1.96. The molecule has 4 aromatic heterocycles. The topological polar surface area (TPSA) is 389 Å². The first-order valence-corrected chi connectivity index (χ1v) is 45.4. The molecule has 6 rings (SSSR count). The molecular weight excluding hydrogens is 1700 g/mol. The molecular formula is C96H143F6N10O18-. The number of esters is 6. The lowest BCUT2D eigenvalue weighted by Gasteiger charge is -2.34. The number of rotatable bonds is 64. The van der Waals surface area contributed by atoms with E-state index in [9.17, 15) is 80.0 Å². The molecule has 3 N–H and O–H groups in total. The zero-order valence-corrected chi connectivity index (χ0v) is 75.4. The lowest BCUT2D eigenvalue weighted by atomic mass is 9.79. The summed E-state index contributed by atoms with van der Waals surface area (Å²) >= 11 is 0. The van der Waals surface area contributed by atoms with E-state index in [2.05, 4.69) is 67.8 Å². The van der Waals surface area contributed by atoms with E-state index in [4.69, 9.17) is 33.5 Å². The van der Waals surface area contributed by atoms with Crippen LogP contribution in [0.15, 0.2) is 111 Å². The Morgan fingerprint density at radius 1 is 0.392 bits per heavy atom. The first-order chi connectivity index (χ1) is 61.6. The van der Waals surface area contributed by atoms with Gasteiger partial charge in [0.1, 0.15) is 98.9 Å². The molecule has 0 bridgehead atoms. The molecule has 34 heteroatoms. The molecule has 4 atom stereocenters. The molecule has 2 aromatic carbocycles. The van der Waals surface area contributed by atoms with Gasteiger partial charge in [0.25, 0.3) is 0 Å². The van der Waals surface area contributed by atoms with Crippen molar-refractivity contribution in [1.82, 2.24) is 49.5 Å². The highest BCUT2D eigenvalue weighted by molar-refractivity contribution is 5.91. The number of carbonyl (C=O) groups excluding carboxylic acids is 7. The van der Waals surface area contributed by atoms with Crippen LogP contribution in [0.4, 0.5) is 26.3 Å². The van der Waals surface area contributed by atoms with Crippen molar-refractivity contribution in [3.05, 3.63) is 168 Å². The van der Waals surface area contributed by atoms with Gasteiger partial charge in [-0.25, -0.2) is 80.0 Å². The Kier molecular flexibility index (Phi) is 64.6. The average Bonchev–Trinajstić information content (AvgIpc) is 1.04. The molecule has 0 aliphatic rings. The van der Waals surface area contributed by atoms with E-state index in [0.29, 0.717) is 30.4 Å². The van der Waals surface area contributed by atoms with Gasteiger partial charge in [-0.05, 0) is 43.9 Å². The Labute approximate surface area is 763 Å². The fraction of sp³-hybridized carbons (Fsp3) is 0.625. The maximum Gasteiger partial charge on any atom is 0.331 e. The number of carboxylic acid groups (broad SMARTS) is 2. The van der Waals surface area contributed by atoms with Gasteiger partial charge in [0.2, 0.25) is 0 Å². The van der Waals surface area contributed by atoms with Crippen molar-refractivity contribution in [2.75, 3.05) is 26.4 Å². The highest BCUT2D eigenvalue weighted by Crippen LogP contribution is 2.41. The van der Waals surface area contributed by atoms with Crippen molar-refractivity contribution in [1.29, 1.82) is 0 Å². The first-order valence-electron chi connectivity index (χ1n) is 45.4. The van der Waals surface area contributed by atoms with Crippen LogP contribution in [0.1, 0.15) is 348 Å². The van der Waals surface area contributed by atoms with Crippen LogP contribution in [0.25, 0.3) is 0 Å². The summed E-state index contributed by atoms with van der Waals surface area (Å²) in [7, 11) is 0. The first kappa shape index (κ1) is 118. The number of unbranched alkanes of at least 4 members (excludes halogenated alkanes) is 32. The maximum atomic E-state index is 14.4. The van der Waals surface area contributed by atoms with Gasteiger partial charge in [0.15, 0.2) is 23.8 Å². The van der Waals surface area contributed by atoms with Crippen molar-refractivity contribution >= 4 is 47.8 Å². The SMILES string of the molecule is C.C.CCCCCCCCCCCC(=O)OCC(COC(=O)CCCCCCCCCCC)OC(=O)/C=C/C(=O)O.CCCCCCCCCCCC(=O)OCC(COC(=O)CCCCCCCCCCC)OC(=O)/C=C/C(=O)[O-].C[C@@H](c1ncncc1F)[C@](O)(Cn1cncn1)c1ccc(F)cc1F.C[C@@H](c1ncncc1F)[C@](O)(Cn1cncn1)c1ccc(F)cc1F. The third-order valence-electron chi connectivity index (χ3n) is 21.1. The molecule has 0 amide bonds. The number of hydrogen-bond donors (Lipinski definition) is 3. The van der Waals surface area contributed by atoms with Crippen molar-refractivity contribution in [2.45, 2.75) is 362 Å². The number of carbonyl (C=O) groups is 8. The number of halogens is 6. The van der Waals surface area contributed by atoms with E-state index in [1.807, 2.05) is 0 Å². The molecule has 0 unspecified atom stereocenters. The van der Waals surface area contributed by atoms with E-state index < -0.39 is 118 Å². The largest absolute Gasteiger partial charge is 0.545 e. The summed E-state index contributed by atoms with van der Waals surface area (Å²) in [6, 6.07) is 5.60. The molecule has 0 spiro atoms. The van der Waals surface area contributed by atoms with Gasteiger partial charge < -0.3 is 53.6 Å². The van der Waals surface area contributed by atoms with E-state index in [-0.39, 0.29) is 103 Å². The van der Waals surface area contributed by atoms with E-state index in [1.165, 1.54) is 203 Å². The van der Waals surface area contributed by atoms with Crippen molar-refractivity contribution in [3.8, 4) is 0 Å². The normalized spacial score (nSPS) is 12.4. The molecule has 4 heterocycles. The minimum Gasteiger partial charge on any atom is -0.545 e. The molecule has 0 aliphatic carbocycles. The monoisotopic (exact) mass is 1840 g/mol. The van der Waals surface area contributed by atoms with Crippen LogP contribution in [0, 0.1) is 34.9 Å². The van der Waals surface area contributed by atoms with Crippen LogP contribution in [-0.4, -0.2) is 151 Å². The Morgan fingerprint density at radius 2 is 0.669 bits per heavy atom. The second-order valence-corrected chi connectivity index (χ2v) is 31.7. The number of aliphatic hydroxyl groups is 2. The zero-order chi connectivity index (χ0) is 94.0. The van der Waals surface area contributed by atoms with E-state index >= 15 is 0 Å². The highest BCUT2D eigenvalue weighted by Gasteiger charge is 2.43. The molecule has 0 aliphatic heterocycles. The highest BCUT2D eigenvalue weighted by atomic mass is 19.2. The summed E-state index contributed by atoms with van der Waals surface area (Å²) in [5.74, 6) is -13.3. The average molecular weight is 1840 g/mol. The predicted molar refractivity (Wildman–Crippen MR) is 477 cm³/mol. The van der Waals surface area contributed by atoms with Crippen LogP contribution in [-0.2, 0) is 91.1 Å². The third kappa shape index (κ3) is 51.9. The number of nitrogens with zero attached hydrogens (tertiary/aromatic N) is 10. The summed E-state index contributed by atoms with van der Waals surface area (Å²) in [6.45, 7) is 10.3. The minimum absolute atomic E-state index is 0. The standard InChI is InChI=1S/2C31H54O8.2C16H14F3N5O.2CH4/c2*1-3-5-7-9-11-13-15-17-19-21-29(34)37-25-27(39-31(36)24-23-28(32)33)26-38-30(35)22-20-18-16-14-12-10-8-6-4-2;2*1-10(15-14(19)5-20-7-22-15)16(25,6-24-9-21-8-23-24)12-3-2-11(17)4-13(12)18;;/h2*23-24,27H,3-22,25-26H2,1-2H3,(H,32,33);2*2-5,7-10,25H,6H2,1H3;2*1H4/p-1/b2*24-23+;;;;/t;;2*10-,16+;;/m..00../s1. The maximum absolute atomic E-state index is 14.4. The number of carboxylic acids is 2. The second-order valence-electron chi connectivity index (χ2n) is 31.7. The summed E-state index contributed by atoms with van der Waals surface area (Å²) in [4.78, 5) is 116. The third-order valence-corrected chi connectivity index (χ3v) is 21.1. The summed E-state index contributed by atoms with van der Waals surface area (Å²) < 4.78 is 117. The van der Waals surface area contributed by atoms with Gasteiger partial charge in [-0.2, -0.15) is 10.2 Å². The van der Waals surface area contributed by atoms with Gasteiger partial charge in [-0.15, -0.1) is 0 Å². The molecule has 728 valence electrons. The summed E-state index contributed by atoms with van der Waals surface area (Å²) in [5, 5.41) is 49.6. The van der Waals surface area contributed by atoms with Gasteiger partial charge in [-0.1, -0.05) is 274 Å². The van der Waals surface area contributed by atoms with Crippen molar-refractivity contribution in [3.63, 3.8) is 0 Å². The Balaban J connectivity index is 0.000000877. The fourth-order valence-electron chi connectivity index (χ4n) is 13.7. The number of aliphatic carboxylic acids is 2. The molecule has 0 fully saturated rings. The van der Waals surface area contributed by atoms with Crippen LogP contribution in [0.5, 0.6) is 0 Å². The van der Waals surface area contributed by atoms with Crippen molar-refractivity contribution < 1.29 is 114 Å². The lowest BCUT2D eigenvalue weighted by Crippen LogP contribution is -2.39. The van der Waals surface area contributed by atoms with E-state index in [1.54, 1.807) is 0 Å². The second kappa shape index (κ2) is 71.4. The summed E-state index contributed by atoms with van der Waals surface area (Å²) in [6.07, 6.45) is 52.0. The quantitative estimate of drug-likeness (QED) is 0.0105.